The maximum atomic E-state index is 12.4. The van der Waals surface area contributed by atoms with Crippen molar-refractivity contribution in [3.8, 4) is 0 Å². The molecule has 0 heterocycles. The van der Waals surface area contributed by atoms with Crippen LogP contribution in [0.15, 0.2) is 72.8 Å². The molecule has 26 heavy (non-hydrogen) atoms. The summed E-state index contributed by atoms with van der Waals surface area (Å²) in [7, 11) is 0. The third-order valence-corrected chi connectivity index (χ3v) is 5.03. The van der Waals surface area contributed by atoms with Crippen LogP contribution in [0.3, 0.4) is 0 Å². The van der Waals surface area contributed by atoms with Crippen molar-refractivity contribution in [2.75, 3.05) is 10.6 Å². The molecular weight excluding hydrogens is 554 g/mol. The molecule has 3 aromatic carbocycles. The molecule has 0 spiro atoms. The fourth-order valence-electron chi connectivity index (χ4n) is 2.27. The summed E-state index contributed by atoms with van der Waals surface area (Å²) in [5.41, 5.74) is 2.28. The van der Waals surface area contributed by atoms with E-state index in [1.807, 2.05) is 48.5 Å². The Morgan fingerprint density at radius 2 is 1.00 bits per heavy atom. The third kappa shape index (κ3) is 5.04. The van der Waals surface area contributed by atoms with Crippen LogP contribution in [0, 0.1) is 7.14 Å². The number of nitrogens with one attached hydrogen (secondary N) is 2. The SMILES string of the molecule is O=C(Nc1ccc(I)cc1)c1cccc(C(=O)Nc2ccc(I)cc2)c1. The summed E-state index contributed by atoms with van der Waals surface area (Å²) in [5, 5.41) is 5.67. The number of halogens is 2. The first kappa shape index (κ1) is 18.8. The molecule has 2 N–H and O–H groups in total. The average Bonchev–Trinajstić information content (AvgIpc) is 2.65. The number of rotatable bonds is 4. The van der Waals surface area contributed by atoms with Gasteiger partial charge in [0.25, 0.3) is 11.8 Å². The van der Waals surface area contributed by atoms with Crippen LogP contribution in [0.4, 0.5) is 11.4 Å². The molecule has 3 rings (SSSR count). The third-order valence-electron chi connectivity index (χ3n) is 3.59. The Hall–Kier alpha value is -1.94. The fourth-order valence-corrected chi connectivity index (χ4v) is 2.99. The van der Waals surface area contributed by atoms with Crippen LogP contribution in [-0.4, -0.2) is 11.8 Å². The molecule has 4 nitrogen and oxygen atoms in total. The zero-order chi connectivity index (χ0) is 18.5. The zero-order valence-electron chi connectivity index (χ0n) is 13.5. The molecule has 130 valence electrons. The second-order valence-corrected chi connectivity index (χ2v) is 7.99. The largest absolute Gasteiger partial charge is 0.322 e. The lowest BCUT2D eigenvalue weighted by molar-refractivity contribution is 0.102. The van der Waals surface area contributed by atoms with E-state index in [1.165, 1.54) is 0 Å². The predicted octanol–water partition coefficient (Wildman–Crippen LogP) is 5.40. The molecule has 2 amide bonds. The van der Waals surface area contributed by atoms with Crippen LogP contribution in [0.25, 0.3) is 0 Å². The Morgan fingerprint density at radius 1 is 0.615 bits per heavy atom. The number of hydrogen-bond donors (Lipinski definition) is 2. The van der Waals surface area contributed by atoms with Crippen molar-refractivity contribution in [3.63, 3.8) is 0 Å². The van der Waals surface area contributed by atoms with Crippen molar-refractivity contribution >= 4 is 68.4 Å². The maximum absolute atomic E-state index is 12.4. The van der Waals surface area contributed by atoms with Crippen molar-refractivity contribution in [1.82, 2.24) is 0 Å². The minimum absolute atomic E-state index is 0.255. The smallest absolute Gasteiger partial charge is 0.255 e. The van der Waals surface area contributed by atoms with Gasteiger partial charge in [-0.2, -0.15) is 0 Å². The average molecular weight is 568 g/mol. The first-order chi connectivity index (χ1) is 12.5. The van der Waals surface area contributed by atoms with Gasteiger partial charge in [-0.25, -0.2) is 0 Å². The van der Waals surface area contributed by atoms with Crippen molar-refractivity contribution in [1.29, 1.82) is 0 Å². The lowest BCUT2D eigenvalue weighted by Crippen LogP contribution is -2.15. The van der Waals surface area contributed by atoms with Gasteiger partial charge in [-0.1, -0.05) is 6.07 Å². The molecular formula is C20H14I2N2O2. The lowest BCUT2D eigenvalue weighted by atomic mass is 10.1. The predicted molar refractivity (Wildman–Crippen MR) is 121 cm³/mol. The van der Waals surface area contributed by atoms with Crippen molar-refractivity contribution < 1.29 is 9.59 Å². The van der Waals surface area contributed by atoms with Gasteiger partial charge < -0.3 is 10.6 Å². The lowest BCUT2D eigenvalue weighted by Gasteiger charge is -2.08. The highest BCUT2D eigenvalue weighted by Gasteiger charge is 2.11. The molecule has 0 saturated heterocycles. The topological polar surface area (TPSA) is 58.2 Å². The van der Waals surface area contributed by atoms with Gasteiger partial charge in [0.2, 0.25) is 0 Å². The second-order valence-electron chi connectivity index (χ2n) is 5.50. The molecule has 3 aromatic rings. The van der Waals surface area contributed by atoms with Gasteiger partial charge >= 0.3 is 0 Å². The van der Waals surface area contributed by atoms with Gasteiger partial charge in [0.1, 0.15) is 0 Å². The van der Waals surface area contributed by atoms with E-state index in [9.17, 15) is 9.59 Å². The molecule has 0 aliphatic carbocycles. The molecule has 0 radical (unpaired) electrons. The van der Waals surface area contributed by atoms with Crippen LogP contribution in [0.2, 0.25) is 0 Å². The molecule has 0 bridgehead atoms. The number of amides is 2. The number of carbonyl (C=O) groups is 2. The van der Waals surface area contributed by atoms with E-state index in [4.69, 9.17) is 0 Å². The Morgan fingerprint density at radius 3 is 1.38 bits per heavy atom. The zero-order valence-corrected chi connectivity index (χ0v) is 17.8. The van der Waals surface area contributed by atoms with Crippen LogP contribution in [0.5, 0.6) is 0 Å². The normalized spacial score (nSPS) is 10.2. The Kier molecular flexibility index (Phi) is 6.25. The Labute approximate surface area is 178 Å². The summed E-state index contributed by atoms with van der Waals surface area (Å²) in [6, 6.07) is 21.7. The van der Waals surface area contributed by atoms with Crippen molar-refractivity contribution in [3.05, 3.63) is 91.1 Å². The van der Waals surface area contributed by atoms with Gasteiger partial charge in [-0.15, -0.1) is 0 Å². The summed E-state index contributed by atoms with van der Waals surface area (Å²) < 4.78 is 2.18. The summed E-state index contributed by atoms with van der Waals surface area (Å²) >= 11 is 4.41. The molecule has 0 fully saturated rings. The van der Waals surface area contributed by atoms with Gasteiger partial charge in [0.15, 0.2) is 0 Å². The van der Waals surface area contributed by atoms with E-state index in [1.54, 1.807) is 24.3 Å². The first-order valence-electron chi connectivity index (χ1n) is 7.75. The van der Waals surface area contributed by atoms with E-state index in [0.29, 0.717) is 22.5 Å². The quantitative estimate of drug-likeness (QED) is 0.415. The molecule has 0 unspecified atom stereocenters. The highest BCUT2D eigenvalue weighted by molar-refractivity contribution is 14.1. The molecule has 0 aliphatic heterocycles. The van der Waals surface area contributed by atoms with Crippen LogP contribution < -0.4 is 10.6 Å². The molecule has 0 aliphatic rings. The molecule has 0 atom stereocenters. The summed E-state index contributed by atoms with van der Waals surface area (Å²) in [4.78, 5) is 24.8. The van der Waals surface area contributed by atoms with Crippen LogP contribution in [0.1, 0.15) is 20.7 Å². The van der Waals surface area contributed by atoms with Crippen LogP contribution in [-0.2, 0) is 0 Å². The highest BCUT2D eigenvalue weighted by atomic mass is 127. The standard InChI is InChI=1S/C20H14I2N2O2/c21-15-4-8-17(9-5-15)23-19(25)13-2-1-3-14(12-13)20(26)24-18-10-6-16(22)7-11-18/h1-12H,(H,23,25)(H,24,26). The molecule has 0 aromatic heterocycles. The van der Waals surface area contributed by atoms with E-state index in [2.05, 4.69) is 55.8 Å². The number of anilines is 2. The van der Waals surface area contributed by atoms with E-state index in [-0.39, 0.29) is 11.8 Å². The van der Waals surface area contributed by atoms with Gasteiger partial charge in [-0.05, 0) is 112 Å². The van der Waals surface area contributed by atoms with Crippen LogP contribution >= 0.6 is 45.2 Å². The monoisotopic (exact) mass is 568 g/mol. The number of carbonyl (C=O) groups excluding carboxylic acids is 2. The molecule has 6 heteroatoms. The van der Waals surface area contributed by atoms with Gasteiger partial charge in [-0.3, -0.25) is 9.59 Å². The number of benzene rings is 3. The van der Waals surface area contributed by atoms with E-state index < -0.39 is 0 Å². The Bertz CT molecular complexity index is 864. The second kappa shape index (κ2) is 8.63. The maximum Gasteiger partial charge on any atom is 0.255 e. The first-order valence-corrected chi connectivity index (χ1v) is 9.91. The Balaban J connectivity index is 1.72. The van der Waals surface area contributed by atoms with E-state index >= 15 is 0 Å². The highest BCUT2D eigenvalue weighted by Crippen LogP contribution is 2.15. The summed E-state index contributed by atoms with van der Waals surface area (Å²) in [5.74, 6) is -0.509. The number of hydrogen-bond acceptors (Lipinski definition) is 2. The van der Waals surface area contributed by atoms with Crippen molar-refractivity contribution in [2.24, 2.45) is 0 Å². The van der Waals surface area contributed by atoms with Gasteiger partial charge in [0, 0.05) is 29.6 Å². The van der Waals surface area contributed by atoms with E-state index in [0.717, 1.165) is 7.14 Å². The fraction of sp³-hybridized carbons (Fsp3) is 0. The minimum Gasteiger partial charge on any atom is -0.322 e. The minimum atomic E-state index is -0.255. The van der Waals surface area contributed by atoms with Crippen molar-refractivity contribution in [2.45, 2.75) is 0 Å². The summed E-state index contributed by atoms with van der Waals surface area (Å²) in [6.07, 6.45) is 0. The van der Waals surface area contributed by atoms with Gasteiger partial charge in [0.05, 0.1) is 0 Å². The summed E-state index contributed by atoms with van der Waals surface area (Å²) in [6.45, 7) is 0. The molecule has 0 saturated carbocycles.